The molecule has 0 aromatic heterocycles. The van der Waals surface area contributed by atoms with E-state index in [1.54, 1.807) is 7.11 Å². The van der Waals surface area contributed by atoms with Gasteiger partial charge in [-0.15, -0.1) is 0 Å². The second-order valence-electron chi connectivity index (χ2n) is 4.48. The monoisotopic (exact) mass is 251 g/mol. The highest BCUT2D eigenvalue weighted by atomic mass is 16.5. The van der Waals surface area contributed by atoms with Crippen LogP contribution in [0, 0.1) is 0 Å². The van der Waals surface area contributed by atoms with E-state index in [9.17, 15) is 0 Å². The predicted octanol–water partition coefficient (Wildman–Crippen LogP) is 0.392. The number of ether oxygens (including phenoxy) is 1. The number of β-amino-alcohol motifs (C(OH)–C–C–N with tert-alkyl or cyclic N) is 1. The third kappa shape index (κ3) is 2.86. The quantitative estimate of drug-likeness (QED) is 0.758. The van der Waals surface area contributed by atoms with Gasteiger partial charge in [0, 0.05) is 44.5 Å². The van der Waals surface area contributed by atoms with Gasteiger partial charge in [-0.2, -0.15) is 0 Å². The van der Waals surface area contributed by atoms with Crippen molar-refractivity contribution in [2.45, 2.75) is 0 Å². The van der Waals surface area contributed by atoms with Gasteiger partial charge < -0.3 is 20.5 Å². The van der Waals surface area contributed by atoms with E-state index in [1.165, 1.54) is 0 Å². The molecule has 1 saturated heterocycles. The highest BCUT2D eigenvalue weighted by Crippen LogP contribution is 2.30. The summed E-state index contributed by atoms with van der Waals surface area (Å²) in [5.41, 5.74) is 7.57. The summed E-state index contributed by atoms with van der Waals surface area (Å²) in [6.07, 6.45) is 0. The number of benzene rings is 1. The van der Waals surface area contributed by atoms with Crippen LogP contribution in [0.25, 0.3) is 0 Å². The maximum atomic E-state index is 8.92. The fourth-order valence-electron chi connectivity index (χ4n) is 2.31. The smallest absolute Gasteiger partial charge is 0.144 e. The van der Waals surface area contributed by atoms with Crippen LogP contribution in [0.1, 0.15) is 0 Å². The van der Waals surface area contributed by atoms with Crippen LogP contribution < -0.4 is 15.4 Å². The number of nitrogens with two attached hydrogens (primary N) is 1. The maximum absolute atomic E-state index is 8.92. The number of anilines is 2. The van der Waals surface area contributed by atoms with Crippen molar-refractivity contribution in [2.75, 3.05) is 57.1 Å². The second-order valence-corrected chi connectivity index (χ2v) is 4.48. The molecule has 1 aliphatic rings. The van der Waals surface area contributed by atoms with Crippen molar-refractivity contribution in [3.8, 4) is 5.75 Å². The molecule has 1 fully saturated rings. The van der Waals surface area contributed by atoms with Crippen molar-refractivity contribution in [1.29, 1.82) is 0 Å². The first-order chi connectivity index (χ1) is 8.74. The van der Waals surface area contributed by atoms with Gasteiger partial charge in [0.1, 0.15) is 5.75 Å². The van der Waals surface area contributed by atoms with E-state index in [0.717, 1.165) is 49.8 Å². The standard InChI is InChI=1S/C13H21N3O2/c1-18-13-10-11(14)2-3-12(13)16-6-4-15(5-7-16)8-9-17/h2-3,10,17H,4-9,14H2,1H3. The molecule has 0 saturated carbocycles. The van der Waals surface area contributed by atoms with Gasteiger partial charge in [-0.25, -0.2) is 0 Å². The molecule has 0 atom stereocenters. The summed E-state index contributed by atoms with van der Waals surface area (Å²) in [5, 5.41) is 8.92. The van der Waals surface area contributed by atoms with Crippen LogP contribution in [0.2, 0.25) is 0 Å². The molecule has 0 bridgehead atoms. The summed E-state index contributed by atoms with van der Waals surface area (Å²) in [7, 11) is 1.67. The Morgan fingerprint density at radius 2 is 2.00 bits per heavy atom. The number of nitrogens with zero attached hydrogens (tertiary/aromatic N) is 2. The summed E-state index contributed by atoms with van der Waals surface area (Å²) in [4.78, 5) is 4.56. The largest absolute Gasteiger partial charge is 0.495 e. The molecule has 0 aliphatic carbocycles. The zero-order valence-electron chi connectivity index (χ0n) is 10.8. The minimum absolute atomic E-state index is 0.227. The molecular weight excluding hydrogens is 230 g/mol. The van der Waals surface area contributed by atoms with Crippen LogP contribution in [0.4, 0.5) is 11.4 Å². The molecule has 18 heavy (non-hydrogen) atoms. The van der Waals surface area contributed by atoms with Gasteiger partial charge in [0.05, 0.1) is 19.4 Å². The van der Waals surface area contributed by atoms with Crippen LogP contribution in [-0.2, 0) is 0 Å². The van der Waals surface area contributed by atoms with Crippen LogP contribution in [0.3, 0.4) is 0 Å². The first-order valence-electron chi connectivity index (χ1n) is 6.26. The summed E-state index contributed by atoms with van der Waals surface area (Å²) < 4.78 is 5.38. The minimum atomic E-state index is 0.227. The summed E-state index contributed by atoms with van der Waals surface area (Å²) in [6, 6.07) is 5.77. The highest BCUT2D eigenvalue weighted by Gasteiger charge is 2.19. The zero-order chi connectivity index (χ0) is 13.0. The zero-order valence-corrected chi connectivity index (χ0v) is 10.8. The van der Waals surface area contributed by atoms with Crippen molar-refractivity contribution in [1.82, 2.24) is 4.90 Å². The van der Waals surface area contributed by atoms with Crippen LogP contribution in [0.15, 0.2) is 18.2 Å². The number of aliphatic hydroxyl groups is 1. The average Bonchev–Trinajstić information content (AvgIpc) is 2.40. The number of hydrogen-bond acceptors (Lipinski definition) is 5. The SMILES string of the molecule is COc1cc(N)ccc1N1CCN(CCO)CC1. The molecule has 1 aromatic rings. The van der Waals surface area contributed by atoms with Gasteiger partial charge in [-0.05, 0) is 12.1 Å². The molecule has 1 aromatic carbocycles. The number of aliphatic hydroxyl groups excluding tert-OH is 1. The third-order valence-corrected chi connectivity index (χ3v) is 3.33. The molecule has 2 rings (SSSR count). The first kappa shape index (κ1) is 13.0. The van der Waals surface area contributed by atoms with E-state index in [1.807, 2.05) is 18.2 Å². The molecule has 0 radical (unpaired) electrons. The molecule has 3 N–H and O–H groups in total. The predicted molar refractivity (Wildman–Crippen MR) is 73.1 cm³/mol. The summed E-state index contributed by atoms with van der Waals surface area (Å²) in [6.45, 7) is 4.81. The van der Waals surface area contributed by atoms with E-state index in [-0.39, 0.29) is 6.61 Å². The lowest BCUT2D eigenvalue weighted by molar-refractivity contribution is 0.188. The van der Waals surface area contributed by atoms with E-state index < -0.39 is 0 Å². The minimum Gasteiger partial charge on any atom is -0.495 e. The lowest BCUT2D eigenvalue weighted by Crippen LogP contribution is -2.47. The highest BCUT2D eigenvalue weighted by molar-refractivity contribution is 5.64. The summed E-state index contributed by atoms with van der Waals surface area (Å²) in [5.74, 6) is 0.825. The van der Waals surface area contributed by atoms with Gasteiger partial charge in [-0.3, -0.25) is 4.90 Å². The molecule has 5 nitrogen and oxygen atoms in total. The molecule has 0 unspecified atom stereocenters. The van der Waals surface area contributed by atoms with Crippen molar-refractivity contribution in [2.24, 2.45) is 0 Å². The van der Waals surface area contributed by atoms with Crippen molar-refractivity contribution in [3.63, 3.8) is 0 Å². The molecule has 5 heteroatoms. The number of nitrogen functional groups attached to an aromatic ring is 1. The Morgan fingerprint density at radius 1 is 1.28 bits per heavy atom. The van der Waals surface area contributed by atoms with Gasteiger partial charge in [0.25, 0.3) is 0 Å². The molecule has 100 valence electrons. The van der Waals surface area contributed by atoms with Crippen molar-refractivity contribution < 1.29 is 9.84 Å². The Balaban J connectivity index is 2.05. The van der Waals surface area contributed by atoms with Gasteiger partial charge in [0.2, 0.25) is 0 Å². The third-order valence-electron chi connectivity index (χ3n) is 3.33. The molecule has 0 amide bonds. The van der Waals surface area contributed by atoms with Gasteiger partial charge in [0.15, 0.2) is 0 Å². The molecule has 1 heterocycles. The van der Waals surface area contributed by atoms with Crippen LogP contribution >= 0.6 is 0 Å². The number of piperazine rings is 1. The van der Waals surface area contributed by atoms with Crippen LogP contribution in [-0.4, -0.2) is 56.4 Å². The number of rotatable bonds is 4. The summed E-state index contributed by atoms with van der Waals surface area (Å²) >= 11 is 0. The lowest BCUT2D eigenvalue weighted by atomic mass is 10.2. The molecule has 0 spiro atoms. The maximum Gasteiger partial charge on any atom is 0.144 e. The second kappa shape index (κ2) is 5.93. The lowest BCUT2D eigenvalue weighted by Gasteiger charge is -2.36. The van der Waals surface area contributed by atoms with Crippen LogP contribution in [0.5, 0.6) is 5.75 Å². The van der Waals surface area contributed by atoms with E-state index in [2.05, 4.69) is 9.80 Å². The average molecular weight is 251 g/mol. The van der Waals surface area contributed by atoms with E-state index in [4.69, 9.17) is 15.6 Å². The Morgan fingerprint density at radius 3 is 2.61 bits per heavy atom. The topological polar surface area (TPSA) is 62.0 Å². The Kier molecular flexibility index (Phi) is 4.28. The van der Waals surface area contributed by atoms with Crippen molar-refractivity contribution in [3.05, 3.63) is 18.2 Å². The number of hydrogen-bond donors (Lipinski definition) is 2. The Hall–Kier alpha value is -1.46. The number of methoxy groups -OCH3 is 1. The van der Waals surface area contributed by atoms with E-state index >= 15 is 0 Å². The molecular formula is C13H21N3O2. The van der Waals surface area contributed by atoms with Gasteiger partial charge in [-0.1, -0.05) is 0 Å². The van der Waals surface area contributed by atoms with Gasteiger partial charge >= 0.3 is 0 Å². The molecule has 1 aliphatic heterocycles. The first-order valence-corrected chi connectivity index (χ1v) is 6.26. The van der Waals surface area contributed by atoms with E-state index in [0.29, 0.717) is 0 Å². The fraction of sp³-hybridized carbons (Fsp3) is 0.538. The Labute approximate surface area is 108 Å². The Bertz CT molecular complexity index is 390. The van der Waals surface area contributed by atoms with Crippen molar-refractivity contribution >= 4 is 11.4 Å². The fourth-order valence-corrected chi connectivity index (χ4v) is 2.31. The normalized spacial score (nSPS) is 16.9.